The second-order valence-corrected chi connectivity index (χ2v) is 7.03. The average molecular weight is 361 g/mol. The Balaban J connectivity index is 1.41. The summed E-state index contributed by atoms with van der Waals surface area (Å²) in [7, 11) is 0. The SMILES string of the molecule is CCc1ccc(-c2noc(CSCc3cccc4cccnc34)n2)cc1. The molecule has 0 saturated carbocycles. The summed E-state index contributed by atoms with van der Waals surface area (Å²) < 4.78 is 5.40. The number of pyridine rings is 1. The zero-order chi connectivity index (χ0) is 17.8. The van der Waals surface area contributed by atoms with Gasteiger partial charge in [0.2, 0.25) is 11.7 Å². The molecular formula is C21H19N3OS. The van der Waals surface area contributed by atoms with Crippen molar-refractivity contribution in [1.82, 2.24) is 15.1 Å². The predicted octanol–water partition coefficient (Wildman–Crippen LogP) is 5.28. The summed E-state index contributed by atoms with van der Waals surface area (Å²) in [4.78, 5) is 9.02. The molecule has 0 aliphatic heterocycles. The maximum atomic E-state index is 5.40. The van der Waals surface area contributed by atoms with Crippen molar-refractivity contribution in [3.63, 3.8) is 0 Å². The summed E-state index contributed by atoms with van der Waals surface area (Å²) in [5, 5.41) is 5.27. The number of rotatable bonds is 6. The van der Waals surface area contributed by atoms with Crippen LogP contribution in [0.4, 0.5) is 0 Å². The number of hydrogen-bond acceptors (Lipinski definition) is 5. The third-order valence-corrected chi connectivity index (χ3v) is 5.25. The molecule has 130 valence electrons. The van der Waals surface area contributed by atoms with Gasteiger partial charge < -0.3 is 4.52 Å². The number of hydrogen-bond donors (Lipinski definition) is 0. The van der Waals surface area contributed by atoms with Gasteiger partial charge in [0.25, 0.3) is 0 Å². The van der Waals surface area contributed by atoms with Gasteiger partial charge in [-0.05, 0) is 23.6 Å². The highest BCUT2D eigenvalue weighted by atomic mass is 32.2. The van der Waals surface area contributed by atoms with E-state index >= 15 is 0 Å². The Morgan fingerprint density at radius 2 is 1.81 bits per heavy atom. The molecule has 0 atom stereocenters. The highest BCUT2D eigenvalue weighted by Crippen LogP contribution is 2.24. The fourth-order valence-corrected chi connectivity index (χ4v) is 3.70. The molecule has 4 rings (SSSR count). The van der Waals surface area contributed by atoms with E-state index in [1.165, 1.54) is 16.5 Å². The lowest BCUT2D eigenvalue weighted by Crippen LogP contribution is -1.88. The molecule has 2 aromatic carbocycles. The van der Waals surface area contributed by atoms with E-state index in [0.717, 1.165) is 23.3 Å². The second kappa shape index (κ2) is 7.70. The molecule has 4 aromatic rings. The molecule has 0 bridgehead atoms. The molecule has 0 N–H and O–H groups in total. The van der Waals surface area contributed by atoms with Gasteiger partial charge in [-0.25, -0.2) is 0 Å². The molecule has 0 spiro atoms. The number of thioether (sulfide) groups is 1. The molecule has 0 fully saturated rings. The number of para-hydroxylation sites is 1. The Bertz CT molecular complexity index is 1010. The van der Waals surface area contributed by atoms with Gasteiger partial charge in [-0.2, -0.15) is 4.98 Å². The first kappa shape index (κ1) is 16.8. The highest BCUT2D eigenvalue weighted by Gasteiger charge is 2.09. The zero-order valence-electron chi connectivity index (χ0n) is 14.6. The summed E-state index contributed by atoms with van der Waals surface area (Å²) in [5.74, 6) is 2.84. The number of fused-ring (bicyclic) bond motifs is 1. The third kappa shape index (κ3) is 3.63. The summed E-state index contributed by atoms with van der Waals surface area (Å²) in [6, 6.07) is 18.6. The van der Waals surface area contributed by atoms with Gasteiger partial charge in [0, 0.05) is 22.9 Å². The van der Waals surface area contributed by atoms with E-state index in [1.54, 1.807) is 11.8 Å². The molecule has 2 heterocycles. The van der Waals surface area contributed by atoms with Crippen LogP contribution >= 0.6 is 11.8 Å². The lowest BCUT2D eigenvalue weighted by atomic mass is 10.1. The largest absolute Gasteiger partial charge is 0.338 e. The standard InChI is InChI=1S/C21H19N3OS/c1-2-15-8-10-17(11-9-15)21-23-19(25-24-21)14-26-13-18-6-3-5-16-7-4-12-22-20(16)18/h3-12H,2,13-14H2,1H3. The van der Waals surface area contributed by atoms with Gasteiger partial charge in [0.05, 0.1) is 11.3 Å². The van der Waals surface area contributed by atoms with E-state index in [0.29, 0.717) is 17.5 Å². The van der Waals surface area contributed by atoms with Crippen molar-refractivity contribution < 1.29 is 4.52 Å². The molecule has 2 aromatic heterocycles. The van der Waals surface area contributed by atoms with Crippen LogP contribution in [0, 0.1) is 0 Å². The van der Waals surface area contributed by atoms with Crippen molar-refractivity contribution in [3.8, 4) is 11.4 Å². The molecule has 4 nitrogen and oxygen atoms in total. The first-order valence-corrected chi connectivity index (χ1v) is 9.81. The number of nitrogens with zero attached hydrogens (tertiary/aromatic N) is 3. The van der Waals surface area contributed by atoms with Gasteiger partial charge in [-0.3, -0.25) is 4.98 Å². The molecule has 0 aliphatic rings. The van der Waals surface area contributed by atoms with Crippen molar-refractivity contribution in [3.05, 3.63) is 77.8 Å². The first-order valence-electron chi connectivity index (χ1n) is 8.66. The number of aromatic nitrogens is 3. The van der Waals surface area contributed by atoms with Gasteiger partial charge >= 0.3 is 0 Å². The molecule has 0 unspecified atom stereocenters. The molecule has 26 heavy (non-hydrogen) atoms. The van der Waals surface area contributed by atoms with E-state index in [1.807, 2.05) is 24.4 Å². The Morgan fingerprint density at radius 1 is 0.962 bits per heavy atom. The Morgan fingerprint density at radius 3 is 2.65 bits per heavy atom. The second-order valence-electron chi connectivity index (χ2n) is 6.05. The smallest absolute Gasteiger partial charge is 0.236 e. The summed E-state index contributed by atoms with van der Waals surface area (Å²) in [5.41, 5.74) is 4.57. The van der Waals surface area contributed by atoms with Crippen LogP contribution in [-0.2, 0) is 17.9 Å². The monoisotopic (exact) mass is 361 g/mol. The topological polar surface area (TPSA) is 51.8 Å². The Labute approximate surface area is 156 Å². The van der Waals surface area contributed by atoms with E-state index in [4.69, 9.17) is 4.52 Å². The van der Waals surface area contributed by atoms with Crippen molar-refractivity contribution in [1.29, 1.82) is 0 Å². The van der Waals surface area contributed by atoms with Gasteiger partial charge in [0.1, 0.15) is 0 Å². The maximum Gasteiger partial charge on any atom is 0.236 e. The van der Waals surface area contributed by atoms with Crippen molar-refractivity contribution in [2.24, 2.45) is 0 Å². The van der Waals surface area contributed by atoms with Crippen LogP contribution in [0.1, 0.15) is 23.9 Å². The van der Waals surface area contributed by atoms with Gasteiger partial charge in [-0.15, -0.1) is 11.8 Å². The highest BCUT2D eigenvalue weighted by molar-refractivity contribution is 7.97. The van der Waals surface area contributed by atoms with Crippen LogP contribution in [0.5, 0.6) is 0 Å². The fraction of sp³-hybridized carbons (Fsp3) is 0.190. The molecule has 0 amide bonds. The van der Waals surface area contributed by atoms with E-state index in [2.05, 4.69) is 58.4 Å². The van der Waals surface area contributed by atoms with Gasteiger partial charge in [-0.1, -0.05) is 60.6 Å². The minimum absolute atomic E-state index is 0.648. The van der Waals surface area contributed by atoms with E-state index in [9.17, 15) is 0 Å². The van der Waals surface area contributed by atoms with E-state index in [-0.39, 0.29) is 0 Å². The van der Waals surface area contributed by atoms with Crippen LogP contribution in [0.3, 0.4) is 0 Å². The minimum Gasteiger partial charge on any atom is -0.338 e. The predicted molar refractivity (Wildman–Crippen MR) is 106 cm³/mol. The lowest BCUT2D eigenvalue weighted by molar-refractivity contribution is 0.391. The van der Waals surface area contributed by atoms with Crippen LogP contribution in [0.25, 0.3) is 22.3 Å². The summed E-state index contributed by atoms with van der Waals surface area (Å²) in [6.07, 6.45) is 2.86. The van der Waals surface area contributed by atoms with Crippen LogP contribution in [0.15, 0.2) is 65.3 Å². The Kier molecular flexibility index (Phi) is 4.97. The maximum absolute atomic E-state index is 5.40. The fourth-order valence-electron chi connectivity index (χ4n) is 2.85. The lowest BCUT2D eigenvalue weighted by Gasteiger charge is -2.04. The quantitative estimate of drug-likeness (QED) is 0.467. The van der Waals surface area contributed by atoms with Crippen LogP contribution in [0.2, 0.25) is 0 Å². The number of aryl methyl sites for hydroxylation is 1. The third-order valence-electron chi connectivity index (χ3n) is 4.29. The molecule has 0 radical (unpaired) electrons. The van der Waals surface area contributed by atoms with Crippen molar-refractivity contribution in [2.75, 3.05) is 0 Å². The van der Waals surface area contributed by atoms with Gasteiger partial charge in [0.15, 0.2) is 0 Å². The average Bonchev–Trinajstić information content (AvgIpc) is 3.17. The number of benzene rings is 2. The normalized spacial score (nSPS) is 11.1. The molecular weight excluding hydrogens is 342 g/mol. The zero-order valence-corrected chi connectivity index (χ0v) is 15.4. The molecule has 5 heteroatoms. The van der Waals surface area contributed by atoms with Crippen LogP contribution < -0.4 is 0 Å². The molecule has 0 aliphatic carbocycles. The molecule has 0 saturated heterocycles. The van der Waals surface area contributed by atoms with E-state index < -0.39 is 0 Å². The minimum atomic E-state index is 0.648. The summed E-state index contributed by atoms with van der Waals surface area (Å²) >= 11 is 1.75. The van der Waals surface area contributed by atoms with Crippen molar-refractivity contribution >= 4 is 22.7 Å². The Hall–Kier alpha value is -2.66. The van der Waals surface area contributed by atoms with Crippen molar-refractivity contribution in [2.45, 2.75) is 24.9 Å². The van der Waals surface area contributed by atoms with Crippen LogP contribution in [-0.4, -0.2) is 15.1 Å². The summed E-state index contributed by atoms with van der Waals surface area (Å²) in [6.45, 7) is 2.14. The first-order chi connectivity index (χ1) is 12.8.